The van der Waals surface area contributed by atoms with E-state index in [-0.39, 0.29) is 12.3 Å². The molecule has 1 aromatic carbocycles. The second kappa shape index (κ2) is 5.41. The van der Waals surface area contributed by atoms with E-state index in [1.54, 1.807) is 31.3 Å². The summed E-state index contributed by atoms with van der Waals surface area (Å²) in [6, 6.07) is 6.50. The molecular weight excluding hydrogens is 273 g/mol. The Bertz CT molecular complexity index is 505. The summed E-state index contributed by atoms with van der Waals surface area (Å²) in [7, 11) is 1.63. The minimum atomic E-state index is -4.66. The quantitative estimate of drug-likeness (QED) is 0.888. The molecule has 0 spiro atoms. The van der Waals surface area contributed by atoms with Gasteiger partial charge in [-0.15, -0.1) is 0 Å². The predicted molar refractivity (Wildman–Crippen MR) is 67.3 cm³/mol. The van der Waals surface area contributed by atoms with Gasteiger partial charge in [0.05, 0.1) is 0 Å². The van der Waals surface area contributed by atoms with Crippen molar-refractivity contribution in [3.8, 4) is 0 Å². The number of para-hydroxylation sites is 1. The van der Waals surface area contributed by atoms with Crippen molar-refractivity contribution in [1.29, 1.82) is 0 Å². The lowest BCUT2D eigenvalue weighted by Crippen LogP contribution is -2.43. The molecule has 0 saturated carbocycles. The number of alkyl halides is 3. The molecule has 1 aromatic rings. The summed E-state index contributed by atoms with van der Waals surface area (Å²) in [5.41, 5.74) is 1.42. The first kappa shape index (κ1) is 14.8. The van der Waals surface area contributed by atoms with Crippen LogP contribution < -0.4 is 10.2 Å². The molecule has 0 aliphatic carbocycles. The van der Waals surface area contributed by atoms with E-state index in [0.29, 0.717) is 5.69 Å². The van der Waals surface area contributed by atoms with Crippen molar-refractivity contribution in [1.82, 2.24) is 5.32 Å². The second-order valence-corrected chi connectivity index (χ2v) is 4.73. The fourth-order valence-corrected chi connectivity index (χ4v) is 2.20. The van der Waals surface area contributed by atoms with Crippen LogP contribution in [0.25, 0.3) is 0 Å². The first-order chi connectivity index (χ1) is 9.30. The van der Waals surface area contributed by atoms with Gasteiger partial charge in [-0.3, -0.25) is 4.79 Å². The third-order valence-electron chi connectivity index (χ3n) is 3.36. The summed E-state index contributed by atoms with van der Waals surface area (Å²) in [4.78, 5) is 13.3. The lowest BCUT2D eigenvalue weighted by molar-refractivity contribution is -0.202. The van der Waals surface area contributed by atoms with Gasteiger partial charge in [0.15, 0.2) is 6.10 Å². The van der Waals surface area contributed by atoms with Crippen molar-refractivity contribution in [3.05, 3.63) is 29.8 Å². The number of amides is 1. The van der Waals surface area contributed by atoms with Gasteiger partial charge in [0.2, 0.25) is 5.91 Å². The average Bonchev–Trinajstić information content (AvgIpc) is 2.40. The lowest BCUT2D eigenvalue weighted by atomic mass is 9.96. The number of nitrogens with one attached hydrogen (secondary N) is 1. The Morgan fingerprint density at radius 1 is 1.45 bits per heavy atom. The monoisotopic (exact) mass is 288 g/mol. The molecule has 1 aliphatic heterocycles. The largest absolute Gasteiger partial charge is 0.415 e. The van der Waals surface area contributed by atoms with E-state index in [1.807, 2.05) is 0 Å². The van der Waals surface area contributed by atoms with Gasteiger partial charge in [0.1, 0.15) is 0 Å². The molecule has 7 heteroatoms. The maximum atomic E-state index is 12.3. The normalized spacial score (nSPS) is 20.8. The third kappa shape index (κ3) is 2.94. The number of aliphatic hydroxyl groups is 1. The van der Waals surface area contributed by atoms with Crippen molar-refractivity contribution >= 4 is 11.6 Å². The molecule has 2 atom stereocenters. The molecule has 0 bridgehead atoms. The molecule has 2 N–H and O–H groups in total. The third-order valence-corrected chi connectivity index (χ3v) is 3.36. The van der Waals surface area contributed by atoms with Gasteiger partial charge in [-0.1, -0.05) is 18.2 Å². The van der Waals surface area contributed by atoms with E-state index in [1.165, 1.54) is 4.90 Å². The van der Waals surface area contributed by atoms with E-state index < -0.39 is 24.9 Å². The van der Waals surface area contributed by atoms with Crippen LogP contribution in [0.3, 0.4) is 0 Å². The fourth-order valence-electron chi connectivity index (χ4n) is 2.20. The number of hydrogen-bond donors (Lipinski definition) is 2. The highest BCUT2D eigenvalue weighted by molar-refractivity contribution is 5.96. The Kier molecular flexibility index (Phi) is 4.01. The number of aliphatic hydroxyl groups excluding tert-OH is 1. The van der Waals surface area contributed by atoms with Crippen LogP contribution in [-0.4, -0.2) is 36.9 Å². The Morgan fingerprint density at radius 3 is 2.75 bits per heavy atom. The molecule has 1 amide bonds. The number of carbonyl (C=O) groups excluding carboxylic acids is 1. The van der Waals surface area contributed by atoms with Crippen molar-refractivity contribution < 1.29 is 23.1 Å². The smallest absolute Gasteiger partial charge is 0.382 e. The zero-order valence-corrected chi connectivity index (χ0v) is 10.8. The van der Waals surface area contributed by atoms with Crippen molar-refractivity contribution in [2.24, 2.45) is 0 Å². The average molecular weight is 288 g/mol. The van der Waals surface area contributed by atoms with Gasteiger partial charge in [0, 0.05) is 31.7 Å². The van der Waals surface area contributed by atoms with Crippen molar-refractivity contribution in [3.63, 3.8) is 0 Å². The van der Waals surface area contributed by atoms with Crippen LogP contribution >= 0.6 is 0 Å². The SMILES string of the molecule is CN1C(=O)CC(NCC(O)C(F)(F)F)c2ccccc21. The number of carbonyl (C=O) groups is 1. The molecule has 0 fully saturated rings. The predicted octanol–water partition coefficient (Wildman–Crippen LogP) is 1.61. The van der Waals surface area contributed by atoms with E-state index in [0.717, 1.165) is 5.56 Å². The van der Waals surface area contributed by atoms with Crippen LogP contribution in [0.2, 0.25) is 0 Å². The van der Waals surface area contributed by atoms with Crippen LogP contribution in [0.1, 0.15) is 18.0 Å². The van der Waals surface area contributed by atoms with Gasteiger partial charge >= 0.3 is 6.18 Å². The molecule has 4 nitrogen and oxygen atoms in total. The number of halogens is 3. The highest BCUT2D eigenvalue weighted by atomic mass is 19.4. The summed E-state index contributed by atoms with van der Waals surface area (Å²) in [5.74, 6) is -0.178. The number of nitrogens with zero attached hydrogens (tertiary/aromatic N) is 1. The highest BCUT2D eigenvalue weighted by Crippen LogP contribution is 2.33. The first-order valence-corrected chi connectivity index (χ1v) is 6.14. The van der Waals surface area contributed by atoms with E-state index in [9.17, 15) is 18.0 Å². The molecule has 2 unspecified atom stereocenters. The Labute approximate surface area is 114 Å². The maximum absolute atomic E-state index is 12.3. The molecule has 1 aliphatic rings. The van der Waals surface area contributed by atoms with Crippen LogP contribution in [0.15, 0.2) is 24.3 Å². The van der Waals surface area contributed by atoms with Gasteiger partial charge in [-0.05, 0) is 11.6 Å². The maximum Gasteiger partial charge on any atom is 0.415 e. The Morgan fingerprint density at radius 2 is 2.10 bits per heavy atom. The molecular formula is C13H15F3N2O2. The van der Waals surface area contributed by atoms with E-state index >= 15 is 0 Å². The molecule has 20 heavy (non-hydrogen) atoms. The summed E-state index contributed by atoms with van der Waals surface area (Å²) in [6.07, 6.45) is -7.04. The molecule has 0 aromatic heterocycles. The Balaban J connectivity index is 2.13. The van der Waals surface area contributed by atoms with E-state index in [4.69, 9.17) is 5.11 Å². The minimum Gasteiger partial charge on any atom is -0.382 e. The molecule has 1 heterocycles. The number of rotatable bonds is 3. The standard InChI is InChI=1S/C13H15F3N2O2/c1-18-10-5-3-2-4-8(10)9(6-12(18)20)17-7-11(19)13(14,15)16/h2-5,9,11,17,19H,6-7H2,1H3. The van der Waals surface area contributed by atoms with Crippen molar-refractivity contribution in [2.75, 3.05) is 18.5 Å². The summed E-state index contributed by atoms with van der Waals surface area (Å²) in [5, 5.41) is 11.6. The first-order valence-electron chi connectivity index (χ1n) is 6.14. The van der Waals surface area contributed by atoms with Crippen LogP contribution in [0, 0.1) is 0 Å². The molecule has 2 rings (SSSR count). The summed E-state index contributed by atoms with van der Waals surface area (Å²) < 4.78 is 36.8. The van der Waals surface area contributed by atoms with Crippen LogP contribution in [0.4, 0.5) is 18.9 Å². The van der Waals surface area contributed by atoms with Crippen LogP contribution in [0.5, 0.6) is 0 Å². The van der Waals surface area contributed by atoms with Crippen molar-refractivity contribution in [2.45, 2.75) is 24.7 Å². The fraction of sp³-hybridized carbons (Fsp3) is 0.462. The summed E-state index contributed by atoms with van der Waals surface area (Å²) in [6.45, 7) is -0.639. The molecule has 110 valence electrons. The zero-order chi connectivity index (χ0) is 14.9. The molecule has 0 saturated heterocycles. The topological polar surface area (TPSA) is 52.6 Å². The number of benzene rings is 1. The zero-order valence-electron chi connectivity index (χ0n) is 10.8. The van der Waals surface area contributed by atoms with Gasteiger partial charge in [0.25, 0.3) is 0 Å². The number of fused-ring (bicyclic) bond motifs is 1. The molecule has 0 radical (unpaired) electrons. The van der Waals surface area contributed by atoms with E-state index in [2.05, 4.69) is 5.32 Å². The van der Waals surface area contributed by atoms with Gasteiger partial charge in [-0.2, -0.15) is 13.2 Å². The van der Waals surface area contributed by atoms with Crippen LogP contribution in [-0.2, 0) is 4.79 Å². The summed E-state index contributed by atoms with van der Waals surface area (Å²) >= 11 is 0. The van der Waals surface area contributed by atoms with Gasteiger partial charge in [-0.25, -0.2) is 0 Å². The Hall–Kier alpha value is -1.60. The van der Waals surface area contributed by atoms with Gasteiger partial charge < -0.3 is 15.3 Å². The number of anilines is 1. The highest BCUT2D eigenvalue weighted by Gasteiger charge is 2.39. The lowest BCUT2D eigenvalue weighted by Gasteiger charge is -2.32. The number of hydrogen-bond acceptors (Lipinski definition) is 3. The minimum absolute atomic E-state index is 0.0676. The second-order valence-electron chi connectivity index (χ2n) is 4.73.